The van der Waals surface area contributed by atoms with Crippen LogP contribution in [0.4, 0.5) is 0 Å². The van der Waals surface area contributed by atoms with Crippen molar-refractivity contribution in [1.82, 2.24) is 5.32 Å². The highest BCUT2D eigenvalue weighted by molar-refractivity contribution is 7.46. The van der Waals surface area contributed by atoms with E-state index in [-0.39, 0.29) is 0 Å². The minimum Gasteiger partial charge on any atom is -0.313 e. The first kappa shape index (κ1) is 14.0. The molecule has 1 atom stereocenters. The lowest BCUT2D eigenvalue weighted by Gasteiger charge is -2.30. The maximum Gasteiger partial charge on any atom is 0.470 e. The summed E-state index contributed by atoms with van der Waals surface area (Å²) in [6, 6.07) is 5.34. The molecular weight excluding hydrogens is 277 g/mol. The van der Waals surface area contributed by atoms with Gasteiger partial charge < -0.3 is 15.1 Å². The highest BCUT2D eigenvalue weighted by Crippen LogP contribution is 2.46. The summed E-state index contributed by atoms with van der Waals surface area (Å²) < 4.78 is 16.1. The zero-order valence-corrected chi connectivity index (χ0v) is 11.5. The van der Waals surface area contributed by atoms with E-state index in [1.807, 2.05) is 6.07 Å². The maximum absolute atomic E-state index is 11.1. The summed E-state index contributed by atoms with van der Waals surface area (Å²) in [7, 11) is -4.57. The fourth-order valence-electron chi connectivity index (χ4n) is 2.25. The smallest absolute Gasteiger partial charge is 0.313 e. The summed E-state index contributed by atoms with van der Waals surface area (Å²) in [5.41, 5.74) is 0.624. The number of hydrogen-bond donors (Lipinski definition) is 3. The highest BCUT2D eigenvalue weighted by Gasteiger charge is 2.37. The maximum atomic E-state index is 11.1. The van der Waals surface area contributed by atoms with Crippen molar-refractivity contribution in [2.45, 2.75) is 18.9 Å². The minimum absolute atomic E-state index is 0.325. The number of halogens is 1. The van der Waals surface area contributed by atoms with E-state index in [0.29, 0.717) is 11.6 Å². The average molecular weight is 292 g/mol. The van der Waals surface area contributed by atoms with E-state index < -0.39 is 13.4 Å². The fourth-order valence-corrected chi connectivity index (χ4v) is 3.11. The summed E-state index contributed by atoms with van der Waals surface area (Å²) in [5.74, 6) is 0. The number of benzene rings is 1. The summed E-state index contributed by atoms with van der Waals surface area (Å²) in [6.45, 7) is 2.71. The van der Waals surface area contributed by atoms with E-state index in [4.69, 9.17) is 25.9 Å². The Hall–Kier alpha value is -0.420. The molecule has 0 bridgehead atoms. The topological polar surface area (TPSA) is 78.8 Å². The molecule has 0 unspecified atom stereocenters. The Labute approximate surface area is 110 Å². The van der Waals surface area contributed by atoms with Gasteiger partial charge in [0.1, 0.15) is 5.60 Å². The Morgan fingerprint density at radius 2 is 2.22 bits per heavy atom. The molecule has 1 aliphatic rings. The van der Waals surface area contributed by atoms with Crippen LogP contribution in [0.1, 0.15) is 18.1 Å². The monoisotopic (exact) mass is 291 g/mol. The molecule has 0 aromatic heterocycles. The zero-order valence-electron chi connectivity index (χ0n) is 9.89. The molecule has 0 radical (unpaired) electrons. The Kier molecular flexibility index (Phi) is 3.83. The highest BCUT2D eigenvalue weighted by atomic mass is 35.5. The summed E-state index contributed by atoms with van der Waals surface area (Å²) in [5, 5.41) is 3.64. The molecule has 0 saturated heterocycles. The van der Waals surface area contributed by atoms with Crippen LogP contribution >= 0.6 is 19.4 Å². The third-order valence-corrected chi connectivity index (χ3v) is 3.87. The molecule has 0 spiro atoms. The Morgan fingerprint density at radius 3 is 2.89 bits per heavy atom. The minimum atomic E-state index is -4.57. The van der Waals surface area contributed by atoms with Gasteiger partial charge in [0.2, 0.25) is 0 Å². The van der Waals surface area contributed by atoms with Crippen molar-refractivity contribution in [2.24, 2.45) is 0 Å². The van der Waals surface area contributed by atoms with Crippen molar-refractivity contribution in [3.05, 3.63) is 34.3 Å². The van der Waals surface area contributed by atoms with Gasteiger partial charge in [-0.1, -0.05) is 17.7 Å². The third kappa shape index (κ3) is 3.12. The first-order chi connectivity index (χ1) is 8.30. The van der Waals surface area contributed by atoms with Crippen molar-refractivity contribution in [3.63, 3.8) is 0 Å². The van der Waals surface area contributed by atoms with Crippen LogP contribution in [0.2, 0.25) is 5.02 Å². The molecule has 0 aliphatic carbocycles. The number of hydrogen-bond acceptors (Lipinski definition) is 3. The van der Waals surface area contributed by atoms with Crippen molar-refractivity contribution < 1.29 is 18.9 Å². The lowest BCUT2D eigenvalue weighted by atomic mass is 9.91. The summed E-state index contributed by atoms with van der Waals surface area (Å²) in [4.78, 5) is 18.1. The number of fused-ring (bicyclic) bond motifs is 1. The van der Waals surface area contributed by atoms with E-state index in [2.05, 4.69) is 5.32 Å². The largest absolute Gasteiger partial charge is 0.470 e. The lowest BCUT2D eigenvalue weighted by molar-refractivity contribution is 0.0485. The molecule has 1 aromatic rings. The molecule has 3 N–H and O–H groups in total. The quantitative estimate of drug-likeness (QED) is 0.724. The van der Waals surface area contributed by atoms with Crippen LogP contribution in [-0.4, -0.2) is 22.9 Å². The molecule has 0 fully saturated rings. The normalized spacial score (nSPS) is 24.4. The van der Waals surface area contributed by atoms with E-state index in [0.717, 1.165) is 24.1 Å². The van der Waals surface area contributed by atoms with Gasteiger partial charge in [-0.25, -0.2) is 4.57 Å². The average Bonchev–Trinajstić information content (AvgIpc) is 2.37. The Morgan fingerprint density at radius 1 is 1.50 bits per heavy atom. The van der Waals surface area contributed by atoms with Crippen molar-refractivity contribution in [2.75, 3.05) is 13.1 Å². The van der Waals surface area contributed by atoms with Crippen LogP contribution < -0.4 is 5.32 Å². The van der Waals surface area contributed by atoms with Gasteiger partial charge in [0, 0.05) is 11.6 Å². The van der Waals surface area contributed by atoms with Crippen molar-refractivity contribution >= 4 is 19.4 Å². The predicted molar refractivity (Wildman–Crippen MR) is 68.5 cm³/mol. The molecule has 0 amide bonds. The number of nitrogens with one attached hydrogen (secondary N) is 1. The molecule has 1 aromatic carbocycles. The molecule has 0 saturated carbocycles. The number of rotatable bonds is 2. The van der Waals surface area contributed by atoms with Gasteiger partial charge >= 0.3 is 7.82 Å². The van der Waals surface area contributed by atoms with Gasteiger partial charge in [-0.2, -0.15) is 0 Å². The molecular formula is C11H15ClNO4P. The summed E-state index contributed by atoms with van der Waals surface area (Å²) >= 11 is 5.96. The van der Waals surface area contributed by atoms with Crippen LogP contribution in [0.15, 0.2) is 18.2 Å². The number of phosphoric ester groups is 1. The van der Waals surface area contributed by atoms with Crippen molar-refractivity contribution in [3.8, 4) is 0 Å². The van der Waals surface area contributed by atoms with Gasteiger partial charge in [0.25, 0.3) is 0 Å². The molecule has 1 heterocycles. The van der Waals surface area contributed by atoms with Gasteiger partial charge in [0.15, 0.2) is 0 Å². The summed E-state index contributed by atoms with van der Waals surface area (Å²) in [6.07, 6.45) is 0.770. The van der Waals surface area contributed by atoms with E-state index in [1.54, 1.807) is 19.1 Å². The van der Waals surface area contributed by atoms with Crippen LogP contribution in [0.3, 0.4) is 0 Å². The molecule has 18 heavy (non-hydrogen) atoms. The molecule has 1 aliphatic heterocycles. The lowest BCUT2D eigenvalue weighted by Crippen LogP contribution is -2.36. The molecule has 5 nitrogen and oxygen atoms in total. The molecule has 100 valence electrons. The van der Waals surface area contributed by atoms with E-state index in [1.165, 1.54) is 0 Å². The predicted octanol–water partition coefficient (Wildman–Crippen LogP) is 1.81. The zero-order chi connectivity index (χ0) is 13.4. The van der Waals surface area contributed by atoms with Crippen LogP contribution in [0, 0.1) is 0 Å². The SMILES string of the molecule is C[C@]1(OP(=O)(O)O)CNCCc2ccc(Cl)cc21. The molecule has 7 heteroatoms. The van der Waals surface area contributed by atoms with Gasteiger partial charge in [-0.05, 0) is 43.1 Å². The Bertz CT molecular complexity index is 504. The first-order valence-corrected chi connectivity index (χ1v) is 7.47. The van der Waals surface area contributed by atoms with E-state index in [9.17, 15) is 4.57 Å². The van der Waals surface area contributed by atoms with E-state index >= 15 is 0 Å². The first-order valence-electron chi connectivity index (χ1n) is 5.56. The second kappa shape index (κ2) is 4.93. The second-order valence-electron chi connectivity index (χ2n) is 4.54. The standard InChI is InChI=1S/C11H15ClNO4P/c1-11(17-18(14,15)16)7-13-5-4-8-2-3-9(12)6-10(8)11/h2-3,6,13H,4-5,7H2,1H3,(H2,14,15,16)/t11-/m0/s1. The van der Waals surface area contributed by atoms with Gasteiger partial charge in [-0.15, -0.1) is 0 Å². The van der Waals surface area contributed by atoms with Gasteiger partial charge in [-0.3, -0.25) is 4.52 Å². The van der Waals surface area contributed by atoms with Crippen molar-refractivity contribution in [1.29, 1.82) is 0 Å². The third-order valence-electron chi connectivity index (χ3n) is 3.00. The van der Waals surface area contributed by atoms with Crippen LogP contribution in [0.25, 0.3) is 0 Å². The fraction of sp³-hybridized carbons (Fsp3) is 0.455. The Balaban J connectivity index is 2.48. The van der Waals surface area contributed by atoms with Gasteiger partial charge in [0.05, 0.1) is 0 Å². The van der Waals surface area contributed by atoms with Crippen LogP contribution in [0.5, 0.6) is 0 Å². The van der Waals surface area contributed by atoms with Crippen LogP contribution in [-0.2, 0) is 21.1 Å². The number of phosphoric acid groups is 1. The second-order valence-corrected chi connectivity index (χ2v) is 6.14. The molecule has 2 rings (SSSR count).